The summed E-state index contributed by atoms with van der Waals surface area (Å²) in [7, 11) is 1.70. The summed E-state index contributed by atoms with van der Waals surface area (Å²) in [6.45, 7) is 1.30. The van der Waals surface area contributed by atoms with Crippen LogP contribution in [0.2, 0.25) is 0 Å². The van der Waals surface area contributed by atoms with Gasteiger partial charge < -0.3 is 0 Å². The normalized spacial score (nSPS) is 9.38. The standard InChI is InChI=1S/C7H10N4O2/c1-5(12)8-9-7(13)6-3-4-11(2)10-6/h3-4H,1-2H3,(H,8,12)(H,9,13). The second kappa shape index (κ2) is 3.70. The summed E-state index contributed by atoms with van der Waals surface area (Å²) in [5, 5.41) is 3.84. The van der Waals surface area contributed by atoms with Crippen LogP contribution < -0.4 is 10.9 Å². The van der Waals surface area contributed by atoms with E-state index in [1.807, 2.05) is 0 Å². The van der Waals surface area contributed by atoms with Gasteiger partial charge in [-0.05, 0) is 6.07 Å². The van der Waals surface area contributed by atoms with Crippen molar-refractivity contribution >= 4 is 11.8 Å². The minimum absolute atomic E-state index is 0.260. The van der Waals surface area contributed by atoms with Crippen LogP contribution in [0, 0.1) is 0 Å². The third-order valence-electron chi connectivity index (χ3n) is 1.30. The third kappa shape index (κ3) is 2.58. The van der Waals surface area contributed by atoms with Gasteiger partial charge in [0, 0.05) is 20.2 Å². The largest absolute Gasteiger partial charge is 0.290 e. The molecule has 6 heteroatoms. The van der Waals surface area contributed by atoms with Crippen molar-refractivity contribution < 1.29 is 9.59 Å². The Hall–Kier alpha value is -1.85. The summed E-state index contributed by atoms with van der Waals surface area (Å²) < 4.78 is 1.50. The molecule has 1 rings (SSSR count). The number of carbonyl (C=O) groups is 2. The smallest absolute Gasteiger partial charge is 0.275 e. The Morgan fingerprint density at radius 3 is 2.62 bits per heavy atom. The van der Waals surface area contributed by atoms with Gasteiger partial charge in [0.15, 0.2) is 5.69 Å². The van der Waals surface area contributed by atoms with Crippen molar-refractivity contribution in [1.82, 2.24) is 20.6 Å². The van der Waals surface area contributed by atoms with Gasteiger partial charge in [-0.3, -0.25) is 25.1 Å². The second-order valence-electron chi connectivity index (χ2n) is 2.51. The fourth-order valence-electron chi connectivity index (χ4n) is 0.745. The molecular formula is C7H10N4O2. The molecule has 0 saturated heterocycles. The summed E-state index contributed by atoms with van der Waals surface area (Å²) in [5.41, 5.74) is 4.62. The van der Waals surface area contributed by atoms with Crippen LogP contribution in [0.15, 0.2) is 12.3 Å². The number of hydrogen-bond donors (Lipinski definition) is 2. The minimum atomic E-state index is -0.434. The van der Waals surface area contributed by atoms with Crippen LogP contribution in [0.3, 0.4) is 0 Å². The van der Waals surface area contributed by atoms with Crippen molar-refractivity contribution in [3.63, 3.8) is 0 Å². The molecule has 0 unspecified atom stereocenters. The average molecular weight is 182 g/mol. The molecule has 13 heavy (non-hydrogen) atoms. The number of nitrogens with zero attached hydrogens (tertiary/aromatic N) is 2. The Morgan fingerprint density at radius 2 is 2.15 bits per heavy atom. The van der Waals surface area contributed by atoms with E-state index in [4.69, 9.17) is 0 Å². The first kappa shape index (κ1) is 9.24. The first-order chi connectivity index (χ1) is 6.09. The van der Waals surface area contributed by atoms with Crippen molar-refractivity contribution in [2.45, 2.75) is 6.92 Å². The van der Waals surface area contributed by atoms with Crippen LogP contribution in [0.5, 0.6) is 0 Å². The second-order valence-corrected chi connectivity index (χ2v) is 2.51. The molecule has 1 heterocycles. The predicted octanol–water partition coefficient (Wildman–Crippen LogP) is -0.799. The molecule has 2 amide bonds. The van der Waals surface area contributed by atoms with E-state index in [9.17, 15) is 9.59 Å². The first-order valence-electron chi connectivity index (χ1n) is 3.66. The SMILES string of the molecule is CC(=O)NNC(=O)c1ccn(C)n1. The van der Waals surface area contributed by atoms with Crippen LogP contribution >= 0.6 is 0 Å². The third-order valence-corrected chi connectivity index (χ3v) is 1.30. The van der Waals surface area contributed by atoms with Crippen LogP contribution in [0.4, 0.5) is 0 Å². The molecule has 0 aliphatic heterocycles. The van der Waals surface area contributed by atoms with E-state index < -0.39 is 5.91 Å². The van der Waals surface area contributed by atoms with Crippen molar-refractivity contribution in [3.05, 3.63) is 18.0 Å². The minimum Gasteiger partial charge on any atom is -0.275 e. The zero-order chi connectivity index (χ0) is 9.84. The summed E-state index contributed by atoms with van der Waals surface area (Å²) in [5.74, 6) is -0.764. The van der Waals surface area contributed by atoms with Crippen molar-refractivity contribution in [1.29, 1.82) is 0 Å². The molecule has 0 aliphatic rings. The fourth-order valence-corrected chi connectivity index (χ4v) is 0.745. The molecule has 2 N–H and O–H groups in total. The van der Waals surface area contributed by atoms with Gasteiger partial charge in [0.1, 0.15) is 0 Å². The maximum absolute atomic E-state index is 11.2. The van der Waals surface area contributed by atoms with E-state index in [0.29, 0.717) is 0 Å². The highest BCUT2D eigenvalue weighted by Crippen LogP contribution is 1.91. The van der Waals surface area contributed by atoms with E-state index in [2.05, 4.69) is 16.0 Å². The van der Waals surface area contributed by atoms with Crippen LogP contribution in [-0.4, -0.2) is 21.6 Å². The van der Waals surface area contributed by atoms with Gasteiger partial charge in [0.05, 0.1) is 0 Å². The maximum Gasteiger partial charge on any atom is 0.290 e. The van der Waals surface area contributed by atoms with Gasteiger partial charge in [0.25, 0.3) is 5.91 Å². The van der Waals surface area contributed by atoms with Crippen LogP contribution in [0.1, 0.15) is 17.4 Å². The number of nitrogens with one attached hydrogen (secondary N) is 2. The molecule has 0 radical (unpaired) electrons. The van der Waals surface area contributed by atoms with Crippen LogP contribution in [-0.2, 0) is 11.8 Å². The highest BCUT2D eigenvalue weighted by Gasteiger charge is 2.07. The lowest BCUT2D eigenvalue weighted by Gasteiger charge is -2.01. The molecule has 0 aliphatic carbocycles. The van der Waals surface area contributed by atoms with E-state index in [1.165, 1.54) is 11.6 Å². The summed E-state index contributed by atoms with van der Waals surface area (Å²) in [4.78, 5) is 21.6. The first-order valence-corrected chi connectivity index (χ1v) is 3.66. The molecule has 0 fully saturated rings. The number of hydrazine groups is 1. The van der Waals surface area contributed by atoms with Crippen molar-refractivity contribution in [2.75, 3.05) is 0 Å². The van der Waals surface area contributed by atoms with Gasteiger partial charge in [-0.2, -0.15) is 5.10 Å². The fraction of sp³-hybridized carbons (Fsp3) is 0.286. The van der Waals surface area contributed by atoms with Gasteiger partial charge in [-0.25, -0.2) is 0 Å². The zero-order valence-corrected chi connectivity index (χ0v) is 7.37. The summed E-state index contributed by atoms with van der Waals surface area (Å²) >= 11 is 0. The highest BCUT2D eigenvalue weighted by molar-refractivity contribution is 5.93. The zero-order valence-electron chi connectivity index (χ0n) is 7.37. The lowest BCUT2D eigenvalue weighted by atomic mass is 10.4. The Kier molecular flexibility index (Phi) is 2.63. The molecule has 1 aromatic rings. The monoisotopic (exact) mass is 182 g/mol. The van der Waals surface area contributed by atoms with Gasteiger partial charge in [-0.1, -0.05) is 0 Å². The molecular weight excluding hydrogens is 172 g/mol. The average Bonchev–Trinajstić information content (AvgIpc) is 2.47. The molecule has 0 atom stereocenters. The molecule has 0 saturated carbocycles. The molecule has 70 valence electrons. The van der Waals surface area contributed by atoms with Crippen LogP contribution in [0.25, 0.3) is 0 Å². The number of amides is 2. The number of aryl methyl sites for hydroxylation is 1. The number of rotatable bonds is 1. The van der Waals surface area contributed by atoms with E-state index in [-0.39, 0.29) is 11.6 Å². The maximum atomic E-state index is 11.2. The molecule has 0 aromatic carbocycles. The Morgan fingerprint density at radius 1 is 1.46 bits per heavy atom. The number of carbonyl (C=O) groups excluding carboxylic acids is 2. The van der Waals surface area contributed by atoms with E-state index in [1.54, 1.807) is 19.3 Å². The van der Waals surface area contributed by atoms with E-state index >= 15 is 0 Å². The van der Waals surface area contributed by atoms with Gasteiger partial charge in [0.2, 0.25) is 5.91 Å². The Balaban J connectivity index is 2.54. The molecule has 0 spiro atoms. The summed E-state index contributed by atoms with van der Waals surface area (Å²) in [6, 6.07) is 1.55. The number of aromatic nitrogens is 2. The van der Waals surface area contributed by atoms with Gasteiger partial charge in [-0.15, -0.1) is 0 Å². The van der Waals surface area contributed by atoms with Gasteiger partial charge >= 0.3 is 0 Å². The van der Waals surface area contributed by atoms with Crippen molar-refractivity contribution in [3.8, 4) is 0 Å². The molecule has 6 nitrogen and oxygen atoms in total. The quantitative estimate of drug-likeness (QED) is 0.558. The predicted molar refractivity (Wildman–Crippen MR) is 44.5 cm³/mol. The molecule has 1 aromatic heterocycles. The summed E-state index contributed by atoms with van der Waals surface area (Å²) in [6.07, 6.45) is 1.64. The highest BCUT2D eigenvalue weighted by atomic mass is 16.2. The lowest BCUT2D eigenvalue weighted by Crippen LogP contribution is -2.40. The topological polar surface area (TPSA) is 76.0 Å². The lowest BCUT2D eigenvalue weighted by molar-refractivity contribution is -0.119. The Labute approximate surface area is 74.9 Å². The number of hydrogen-bond acceptors (Lipinski definition) is 3. The Bertz CT molecular complexity index is 331. The molecule has 0 bridgehead atoms. The van der Waals surface area contributed by atoms with Crippen molar-refractivity contribution in [2.24, 2.45) is 7.05 Å². The van der Waals surface area contributed by atoms with E-state index in [0.717, 1.165) is 0 Å².